The molecule has 0 atom stereocenters. The number of nitrogens with zero attached hydrogens (tertiary/aromatic N) is 1. The zero-order chi connectivity index (χ0) is 13.1. The van der Waals surface area contributed by atoms with Crippen molar-refractivity contribution in [2.75, 3.05) is 0 Å². The Morgan fingerprint density at radius 3 is 2.83 bits per heavy atom. The number of carboxylic acid groups (broad SMARTS) is 1. The smallest absolute Gasteiger partial charge is 0.303 e. The van der Waals surface area contributed by atoms with E-state index in [4.69, 9.17) is 5.11 Å². The maximum atomic E-state index is 10.6. The molecule has 0 fully saturated rings. The molecule has 94 valence electrons. The number of carboxylic acids is 1. The van der Waals surface area contributed by atoms with Gasteiger partial charge >= 0.3 is 5.97 Å². The molecule has 18 heavy (non-hydrogen) atoms. The van der Waals surface area contributed by atoms with Gasteiger partial charge < -0.3 is 10.1 Å². The zero-order valence-corrected chi connectivity index (χ0v) is 11.5. The molecule has 0 aliphatic heterocycles. The topological polar surface area (TPSA) is 66.0 Å². The zero-order valence-electron chi connectivity index (χ0n) is 9.90. The SMILES string of the molecule is Cc1ccccc1-c1nc(Br)c(CCC(=O)O)[nH]1. The number of hydrogen-bond donors (Lipinski definition) is 2. The fraction of sp³-hybridized carbons (Fsp3) is 0.231. The normalized spacial score (nSPS) is 10.6. The van der Waals surface area contributed by atoms with E-state index in [9.17, 15) is 4.79 Å². The highest BCUT2D eigenvalue weighted by Gasteiger charge is 2.11. The van der Waals surface area contributed by atoms with E-state index in [1.807, 2.05) is 31.2 Å². The van der Waals surface area contributed by atoms with Crippen LogP contribution in [0.25, 0.3) is 11.4 Å². The maximum Gasteiger partial charge on any atom is 0.303 e. The number of hydrogen-bond acceptors (Lipinski definition) is 2. The minimum absolute atomic E-state index is 0.0913. The fourth-order valence-electron chi connectivity index (χ4n) is 1.75. The Balaban J connectivity index is 2.29. The summed E-state index contributed by atoms with van der Waals surface area (Å²) in [7, 11) is 0. The Kier molecular flexibility index (Phi) is 3.81. The quantitative estimate of drug-likeness (QED) is 0.911. The van der Waals surface area contributed by atoms with Crippen LogP contribution in [0.3, 0.4) is 0 Å². The number of aromatic nitrogens is 2. The molecule has 4 nitrogen and oxygen atoms in total. The Labute approximate surface area is 113 Å². The van der Waals surface area contributed by atoms with Gasteiger partial charge in [0.2, 0.25) is 0 Å². The van der Waals surface area contributed by atoms with Crippen LogP contribution in [0.1, 0.15) is 17.7 Å². The average Bonchev–Trinajstić information content (AvgIpc) is 2.68. The van der Waals surface area contributed by atoms with E-state index >= 15 is 0 Å². The predicted molar refractivity (Wildman–Crippen MR) is 72.4 cm³/mol. The Morgan fingerprint density at radius 1 is 1.44 bits per heavy atom. The van der Waals surface area contributed by atoms with Crippen LogP contribution < -0.4 is 0 Å². The summed E-state index contributed by atoms with van der Waals surface area (Å²) in [6.07, 6.45) is 0.531. The summed E-state index contributed by atoms with van der Waals surface area (Å²) < 4.78 is 0.682. The second-order valence-electron chi connectivity index (χ2n) is 4.06. The molecule has 0 saturated carbocycles. The number of nitrogens with one attached hydrogen (secondary N) is 1. The van der Waals surface area contributed by atoms with Crippen molar-refractivity contribution in [2.24, 2.45) is 0 Å². The van der Waals surface area contributed by atoms with Crippen molar-refractivity contribution in [3.63, 3.8) is 0 Å². The van der Waals surface area contributed by atoms with Crippen LogP contribution in [-0.2, 0) is 11.2 Å². The van der Waals surface area contributed by atoms with Crippen LogP contribution in [0.5, 0.6) is 0 Å². The molecule has 0 aliphatic carbocycles. The summed E-state index contributed by atoms with van der Waals surface area (Å²) in [5.74, 6) is -0.0469. The van der Waals surface area contributed by atoms with Crippen molar-refractivity contribution in [1.82, 2.24) is 9.97 Å². The number of aryl methyl sites for hydroxylation is 2. The highest BCUT2D eigenvalue weighted by molar-refractivity contribution is 9.10. The van der Waals surface area contributed by atoms with Crippen molar-refractivity contribution in [3.8, 4) is 11.4 Å². The third kappa shape index (κ3) is 2.79. The lowest BCUT2D eigenvalue weighted by molar-refractivity contribution is -0.136. The van der Waals surface area contributed by atoms with Gasteiger partial charge in [-0.1, -0.05) is 24.3 Å². The van der Waals surface area contributed by atoms with Crippen LogP contribution in [0.15, 0.2) is 28.9 Å². The van der Waals surface area contributed by atoms with E-state index in [0.717, 1.165) is 22.6 Å². The van der Waals surface area contributed by atoms with Gasteiger partial charge in [-0.3, -0.25) is 4.79 Å². The fourth-order valence-corrected chi connectivity index (χ4v) is 2.23. The Morgan fingerprint density at radius 2 is 2.17 bits per heavy atom. The number of H-pyrrole nitrogens is 1. The molecule has 0 radical (unpaired) electrons. The van der Waals surface area contributed by atoms with Gasteiger partial charge in [0.25, 0.3) is 0 Å². The van der Waals surface area contributed by atoms with Gasteiger partial charge in [0.15, 0.2) is 0 Å². The maximum absolute atomic E-state index is 10.6. The molecular weight excluding hydrogens is 296 g/mol. The highest BCUT2D eigenvalue weighted by atomic mass is 79.9. The van der Waals surface area contributed by atoms with Crippen LogP contribution in [0, 0.1) is 6.92 Å². The van der Waals surface area contributed by atoms with Gasteiger partial charge in [0, 0.05) is 12.0 Å². The first-order chi connectivity index (χ1) is 8.58. The molecular formula is C13H13BrN2O2. The van der Waals surface area contributed by atoms with Crippen molar-refractivity contribution in [2.45, 2.75) is 19.8 Å². The molecule has 0 bridgehead atoms. The number of aliphatic carboxylic acids is 1. The van der Waals surface area contributed by atoms with Crippen LogP contribution in [0.4, 0.5) is 0 Å². The van der Waals surface area contributed by atoms with Gasteiger partial charge in [0.05, 0.1) is 12.1 Å². The number of aromatic amines is 1. The molecule has 2 N–H and O–H groups in total. The summed E-state index contributed by atoms with van der Waals surface area (Å²) in [4.78, 5) is 18.1. The molecule has 5 heteroatoms. The van der Waals surface area contributed by atoms with Crippen molar-refractivity contribution < 1.29 is 9.90 Å². The number of imidazole rings is 1. The molecule has 1 heterocycles. The van der Waals surface area contributed by atoms with Crippen molar-refractivity contribution in [3.05, 3.63) is 40.1 Å². The molecule has 1 aromatic heterocycles. The van der Waals surface area contributed by atoms with E-state index in [1.54, 1.807) is 0 Å². The predicted octanol–water partition coefficient (Wildman–Crippen LogP) is 3.16. The Hall–Kier alpha value is -1.62. The highest BCUT2D eigenvalue weighted by Crippen LogP contribution is 2.24. The van der Waals surface area contributed by atoms with Gasteiger partial charge in [-0.2, -0.15) is 0 Å². The molecule has 0 spiro atoms. The van der Waals surface area contributed by atoms with Crippen LogP contribution in [0.2, 0.25) is 0 Å². The standard InChI is InChI=1S/C13H13BrN2O2/c1-8-4-2-3-5-9(8)13-15-10(12(14)16-13)6-7-11(17)18/h2-5H,6-7H2,1H3,(H,15,16)(H,17,18). The third-order valence-electron chi connectivity index (χ3n) is 2.72. The number of benzene rings is 1. The van der Waals surface area contributed by atoms with E-state index in [-0.39, 0.29) is 6.42 Å². The largest absolute Gasteiger partial charge is 0.481 e. The lowest BCUT2D eigenvalue weighted by Crippen LogP contribution is -1.98. The summed E-state index contributed by atoms with van der Waals surface area (Å²) in [6.45, 7) is 2.02. The van der Waals surface area contributed by atoms with E-state index < -0.39 is 5.97 Å². The first kappa shape index (κ1) is 12.8. The summed E-state index contributed by atoms with van der Waals surface area (Å²) in [6, 6.07) is 7.93. The first-order valence-corrected chi connectivity index (χ1v) is 6.39. The third-order valence-corrected chi connectivity index (χ3v) is 3.37. The summed E-state index contributed by atoms with van der Waals surface area (Å²) in [5.41, 5.74) is 2.97. The van der Waals surface area contributed by atoms with Crippen molar-refractivity contribution >= 4 is 21.9 Å². The lowest BCUT2D eigenvalue weighted by atomic mass is 10.1. The van der Waals surface area contributed by atoms with E-state index in [0.29, 0.717) is 11.0 Å². The van der Waals surface area contributed by atoms with Crippen molar-refractivity contribution in [1.29, 1.82) is 0 Å². The lowest BCUT2D eigenvalue weighted by Gasteiger charge is -2.00. The molecule has 2 rings (SSSR count). The minimum Gasteiger partial charge on any atom is -0.481 e. The number of rotatable bonds is 4. The van der Waals surface area contributed by atoms with Gasteiger partial charge in [-0.15, -0.1) is 0 Å². The van der Waals surface area contributed by atoms with E-state index in [2.05, 4.69) is 25.9 Å². The van der Waals surface area contributed by atoms with Gasteiger partial charge in [-0.25, -0.2) is 4.98 Å². The second kappa shape index (κ2) is 5.35. The summed E-state index contributed by atoms with van der Waals surface area (Å²) in [5, 5.41) is 8.68. The molecule has 0 saturated heterocycles. The summed E-state index contributed by atoms with van der Waals surface area (Å²) >= 11 is 3.35. The molecule has 1 aromatic carbocycles. The molecule has 0 aliphatic rings. The monoisotopic (exact) mass is 308 g/mol. The van der Waals surface area contributed by atoms with E-state index in [1.165, 1.54) is 0 Å². The molecule has 2 aromatic rings. The first-order valence-electron chi connectivity index (χ1n) is 5.60. The van der Waals surface area contributed by atoms with Crippen LogP contribution in [-0.4, -0.2) is 21.0 Å². The van der Waals surface area contributed by atoms with Gasteiger partial charge in [-0.05, 0) is 28.4 Å². The number of halogens is 1. The minimum atomic E-state index is -0.811. The number of carbonyl (C=O) groups is 1. The Bertz CT molecular complexity index is 578. The second-order valence-corrected chi connectivity index (χ2v) is 4.81. The van der Waals surface area contributed by atoms with Crippen LogP contribution >= 0.6 is 15.9 Å². The molecule has 0 amide bonds. The average molecular weight is 309 g/mol. The van der Waals surface area contributed by atoms with Gasteiger partial charge in [0.1, 0.15) is 10.4 Å². The molecule has 0 unspecified atom stereocenters.